The Bertz CT molecular complexity index is 2540. The Balaban J connectivity index is 1.07. The zero-order chi connectivity index (χ0) is 39.2. The monoisotopic (exact) mass is 810 g/mol. The summed E-state index contributed by atoms with van der Waals surface area (Å²) >= 11 is -3.35. The predicted molar refractivity (Wildman–Crippen MR) is 245 cm³/mol. The minimum absolute atomic E-state index is 0.265. The third kappa shape index (κ3) is 7.24. The van der Waals surface area contributed by atoms with E-state index in [4.69, 9.17) is 0 Å². The van der Waals surface area contributed by atoms with Gasteiger partial charge in [0.25, 0.3) is 0 Å². The molecule has 2 nitrogen and oxygen atoms in total. The van der Waals surface area contributed by atoms with Crippen molar-refractivity contribution in [3.63, 3.8) is 0 Å². The number of rotatable bonds is 11. The Morgan fingerprint density at radius 2 is 0.483 bits per heavy atom. The minimum atomic E-state index is -3.35. The Morgan fingerprint density at radius 1 is 0.241 bits per heavy atom. The molecule has 0 radical (unpaired) electrons. The molecule has 0 atom stereocenters. The molecular weight excluding hydrogens is 768 g/mol. The van der Waals surface area contributed by atoms with Crippen LogP contribution in [-0.4, -0.2) is 13.3 Å². The van der Waals surface area contributed by atoms with Gasteiger partial charge in [0.2, 0.25) is 0 Å². The van der Waals surface area contributed by atoms with Gasteiger partial charge in [0.05, 0.1) is 0 Å². The van der Waals surface area contributed by atoms with E-state index in [2.05, 4.69) is 222 Å². The first-order valence-corrected chi connectivity index (χ1v) is 23.8. The van der Waals surface area contributed by atoms with Crippen LogP contribution in [-0.2, 0) is 0 Å². The first-order chi connectivity index (χ1) is 28.7. The van der Waals surface area contributed by atoms with E-state index in [9.17, 15) is 4.39 Å². The van der Waals surface area contributed by atoms with Gasteiger partial charge >= 0.3 is 252 Å². The van der Waals surface area contributed by atoms with E-state index in [0.29, 0.717) is 0 Å². The summed E-state index contributed by atoms with van der Waals surface area (Å²) in [4.78, 5) is 4.42. The summed E-state index contributed by atoms with van der Waals surface area (Å²) in [5.74, 6) is -0.265. The molecule has 4 heteroatoms. The molecule has 0 saturated carbocycles. The third-order valence-electron chi connectivity index (χ3n) is 10.9. The first kappa shape index (κ1) is 36.7. The zero-order valence-corrected chi connectivity index (χ0v) is 34.0. The van der Waals surface area contributed by atoms with Crippen molar-refractivity contribution in [3.8, 4) is 11.1 Å². The van der Waals surface area contributed by atoms with Gasteiger partial charge in [-0.3, -0.25) is 0 Å². The fourth-order valence-corrected chi connectivity index (χ4v) is 18.1. The van der Waals surface area contributed by atoms with Crippen LogP contribution in [0.1, 0.15) is 0 Å². The molecule has 0 unspecified atom stereocenters. The average molecular weight is 810 g/mol. The molecule has 0 heterocycles. The van der Waals surface area contributed by atoms with Gasteiger partial charge in [0, 0.05) is 17.1 Å². The van der Waals surface area contributed by atoms with E-state index in [0.717, 1.165) is 45.3 Å². The van der Waals surface area contributed by atoms with Crippen molar-refractivity contribution in [3.05, 3.63) is 255 Å². The van der Waals surface area contributed by atoms with Gasteiger partial charge in [-0.15, -0.1) is 0 Å². The van der Waals surface area contributed by atoms with Gasteiger partial charge in [-0.2, -0.15) is 0 Å². The van der Waals surface area contributed by atoms with Gasteiger partial charge in [0.15, 0.2) is 0 Å². The topological polar surface area (TPSA) is 6.48 Å². The molecule has 0 fully saturated rings. The Kier molecular flexibility index (Phi) is 10.5. The molecule has 278 valence electrons. The van der Waals surface area contributed by atoms with Crippen molar-refractivity contribution in [2.45, 2.75) is 0 Å². The number of benzene rings is 9. The number of para-hydroxylation sites is 2. The number of anilines is 6. The van der Waals surface area contributed by atoms with Crippen LogP contribution in [0.5, 0.6) is 0 Å². The van der Waals surface area contributed by atoms with Crippen LogP contribution in [0, 0.1) is 5.82 Å². The molecule has 9 aromatic rings. The molecule has 0 aliphatic carbocycles. The van der Waals surface area contributed by atoms with Crippen molar-refractivity contribution in [2.24, 2.45) is 0 Å². The van der Waals surface area contributed by atoms with E-state index in [1.54, 1.807) is 0 Å². The van der Waals surface area contributed by atoms with Gasteiger partial charge in [0.1, 0.15) is 5.82 Å². The molecule has 0 bridgehead atoms. The summed E-state index contributed by atoms with van der Waals surface area (Å²) < 4.78 is 19.8. The Morgan fingerprint density at radius 3 is 0.828 bits per heavy atom. The van der Waals surface area contributed by atoms with Gasteiger partial charge in [-0.25, -0.2) is 4.39 Å². The molecule has 0 N–H and O–H groups in total. The van der Waals surface area contributed by atoms with E-state index in [1.165, 1.54) is 29.7 Å². The van der Waals surface area contributed by atoms with E-state index in [-0.39, 0.29) is 5.82 Å². The molecule has 0 aromatic heterocycles. The van der Waals surface area contributed by atoms with Crippen LogP contribution in [0.25, 0.3) is 11.1 Å². The summed E-state index contributed by atoms with van der Waals surface area (Å²) in [7, 11) is 0. The van der Waals surface area contributed by atoms with Gasteiger partial charge in [-0.05, 0) is 24.3 Å². The number of nitrogens with zero attached hydrogens (tertiary/aromatic N) is 2. The molecule has 0 spiro atoms. The number of halogens is 1. The number of hydrogen-bond acceptors (Lipinski definition) is 2. The fourth-order valence-electron chi connectivity index (χ4n) is 8.17. The predicted octanol–water partition coefficient (Wildman–Crippen LogP) is 11.8. The second kappa shape index (κ2) is 16.6. The van der Waals surface area contributed by atoms with E-state index >= 15 is 0 Å². The SMILES string of the molecule is Fc1ccc(N(c2ccc(-c3cc[c]([Ge]([c]4ccccc4)([c]4ccccc4)[c]4ccccc4)cc3)cc2)c2ccc(N(c3ccccc3)c3ccccc3)cc2)cc1. The normalized spacial score (nSPS) is 11.2. The maximum absolute atomic E-state index is 14.2. The quantitative estimate of drug-likeness (QED) is 0.120. The number of hydrogen-bond donors (Lipinski definition) is 0. The Labute approximate surface area is 343 Å². The summed E-state index contributed by atoms with van der Waals surface area (Å²) in [6.45, 7) is 0. The van der Waals surface area contributed by atoms with Gasteiger partial charge in [-0.1, -0.05) is 36.4 Å². The second-order valence-corrected chi connectivity index (χ2v) is 22.3. The summed E-state index contributed by atoms with van der Waals surface area (Å²) in [6, 6.07) is 87.2. The summed E-state index contributed by atoms with van der Waals surface area (Å²) in [5.41, 5.74) is 8.31. The van der Waals surface area contributed by atoms with Crippen LogP contribution in [0.3, 0.4) is 0 Å². The molecule has 0 aliphatic heterocycles. The molecule has 9 rings (SSSR count). The van der Waals surface area contributed by atoms with Crippen molar-refractivity contribution >= 4 is 65.0 Å². The Hall–Kier alpha value is -6.95. The van der Waals surface area contributed by atoms with E-state index < -0.39 is 13.3 Å². The molecule has 0 amide bonds. The van der Waals surface area contributed by atoms with Crippen LogP contribution in [0.4, 0.5) is 38.5 Å². The van der Waals surface area contributed by atoms with Crippen LogP contribution < -0.4 is 27.4 Å². The standard InChI is InChI=1S/C54H41FGeN2/c55-44-30-36-52(37-31-44)58(54-40-38-53(39-41-54)57(49-22-12-4-13-23-49)50-24-14-5-15-25-50)51-34-28-43(29-35-51)42-26-32-48(33-27-42)56(45-16-6-1-7-17-45,46-18-8-2-9-19-46)47-20-10-3-11-21-47/h1-41H. The maximum atomic E-state index is 14.2. The molecular formula is C54H41FGeN2. The molecule has 0 saturated heterocycles. The summed E-state index contributed by atoms with van der Waals surface area (Å²) in [6.07, 6.45) is 0. The van der Waals surface area contributed by atoms with Gasteiger partial charge < -0.3 is 4.90 Å². The van der Waals surface area contributed by atoms with Crippen LogP contribution in [0.2, 0.25) is 0 Å². The zero-order valence-electron chi connectivity index (χ0n) is 31.9. The van der Waals surface area contributed by atoms with E-state index in [1.807, 2.05) is 24.3 Å². The fraction of sp³-hybridized carbons (Fsp3) is 0. The van der Waals surface area contributed by atoms with Crippen LogP contribution >= 0.6 is 0 Å². The second-order valence-electron chi connectivity index (χ2n) is 14.3. The molecule has 58 heavy (non-hydrogen) atoms. The first-order valence-electron chi connectivity index (χ1n) is 19.6. The van der Waals surface area contributed by atoms with Crippen molar-refractivity contribution in [1.82, 2.24) is 0 Å². The molecule has 0 aliphatic rings. The van der Waals surface area contributed by atoms with Crippen LogP contribution in [0.15, 0.2) is 249 Å². The average Bonchev–Trinajstić information content (AvgIpc) is 3.30. The third-order valence-corrected chi connectivity index (χ3v) is 20.9. The van der Waals surface area contributed by atoms with Crippen molar-refractivity contribution in [1.29, 1.82) is 0 Å². The summed E-state index contributed by atoms with van der Waals surface area (Å²) in [5, 5.41) is 0. The van der Waals surface area contributed by atoms with Crippen molar-refractivity contribution in [2.75, 3.05) is 9.80 Å². The van der Waals surface area contributed by atoms with Crippen molar-refractivity contribution < 1.29 is 4.39 Å². The molecule has 9 aromatic carbocycles.